The minimum Gasteiger partial charge on any atom is -0.457 e. The molecule has 0 aliphatic heterocycles. The number of hydrogen-bond donors (Lipinski definition) is 2. The summed E-state index contributed by atoms with van der Waals surface area (Å²) >= 11 is 0. The molecule has 0 aromatic heterocycles. The maximum atomic E-state index is 12.3. The van der Waals surface area contributed by atoms with E-state index >= 15 is 0 Å². The van der Waals surface area contributed by atoms with Crippen molar-refractivity contribution in [2.24, 2.45) is 0 Å². The van der Waals surface area contributed by atoms with Crippen molar-refractivity contribution in [2.75, 3.05) is 13.1 Å². The van der Waals surface area contributed by atoms with Gasteiger partial charge in [0.2, 0.25) is 0 Å². The zero-order valence-electron chi connectivity index (χ0n) is 13.4. The van der Waals surface area contributed by atoms with Crippen molar-refractivity contribution in [3.63, 3.8) is 0 Å². The SMILES string of the molecule is CCN[C@H](C)CNC(=O)c1ccccc1Oc1ccccc1.Cl. The van der Waals surface area contributed by atoms with Gasteiger partial charge in [0.15, 0.2) is 0 Å². The number of rotatable bonds is 7. The van der Waals surface area contributed by atoms with Crippen LogP contribution in [0.3, 0.4) is 0 Å². The molecule has 124 valence electrons. The Morgan fingerprint density at radius 3 is 2.43 bits per heavy atom. The highest BCUT2D eigenvalue weighted by molar-refractivity contribution is 5.97. The van der Waals surface area contributed by atoms with Gasteiger partial charge in [-0.15, -0.1) is 12.4 Å². The number of likely N-dealkylation sites (N-methyl/N-ethyl adjacent to an activating group) is 1. The van der Waals surface area contributed by atoms with Gasteiger partial charge in [-0.1, -0.05) is 37.3 Å². The molecule has 2 rings (SSSR count). The molecule has 1 atom stereocenters. The van der Waals surface area contributed by atoms with Gasteiger partial charge in [-0.25, -0.2) is 0 Å². The van der Waals surface area contributed by atoms with Crippen LogP contribution in [0.5, 0.6) is 11.5 Å². The molecule has 0 bridgehead atoms. The summed E-state index contributed by atoms with van der Waals surface area (Å²) < 4.78 is 5.81. The van der Waals surface area contributed by atoms with E-state index in [1.165, 1.54) is 0 Å². The molecule has 23 heavy (non-hydrogen) atoms. The predicted octanol–water partition coefficient (Wildman–Crippen LogP) is 3.63. The van der Waals surface area contributed by atoms with Crippen LogP contribution in [-0.2, 0) is 0 Å². The van der Waals surface area contributed by atoms with Gasteiger partial charge in [0.1, 0.15) is 11.5 Å². The van der Waals surface area contributed by atoms with Crippen LogP contribution in [0, 0.1) is 0 Å². The fraction of sp³-hybridized carbons (Fsp3) is 0.278. The standard InChI is InChI=1S/C18H22N2O2.ClH/c1-3-19-14(2)13-20-18(21)16-11-7-8-12-17(16)22-15-9-5-4-6-10-15;/h4-12,14,19H,3,13H2,1-2H3,(H,20,21);1H/t14-;/m1./s1. The summed E-state index contributed by atoms with van der Waals surface area (Å²) in [6.07, 6.45) is 0. The van der Waals surface area contributed by atoms with Crippen LogP contribution in [-0.4, -0.2) is 25.0 Å². The molecule has 0 unspecified atom stereocenters. The molecular weight excluding hydrogens is 312 g/mol. The quantitative estimate of drug-likeness (QED) is 0.813. The number of halogens is 1. The second-order valence-corrected chi connectivity index (χ2v) is 5.08. The lowest BCUT2D eigenvalue weighted by Crippen LogP contribution is -2.38. The predicted molar refractivity (Wildman–Crippen MR) is 95.7 cm³/mol. The Bertz CT molecular complexity index is 605. The van der Waals surface area contributed by atoms with E-state index < -0.39 is 0 Å². The van der Waals surface area contributed by atoms with Gasteiger partial charge >= 0.3 is 0 Å². The molecule has 0 heterocycles. The maximum Gasteiger partial charge on any atom is 0.255 e. The second kappa shape index (κ2) is 9.87. The van der Waals surface area contributed by atoms with Gasteiger partial charge in [0.25, 0.3) is 5.91 Å². The average molecular weight is 335 g/mol. The Kier molecular flexibility index (Phi) is 8.16. The van der Waals surface area contributed by atoms with Crippen molar-refractivity contribution in [1.82, 2.24) is 10.6 Å². The van der Waals surface area contributed by atoms with Crippen molar-refractivity contribution < 1.29 is 9.53 Å². The summed E-state index contributed by atoms with van der Waals surface area (Å²) in [6, 6.07) is 16.9. The molecule has 5 heteroatoms. The first-order chi connectivity index (χ1) is 10.7. The zero-order chi connectivity index (χ0) is 15.8. The van der Waals surface area contributed by atoms with Crippen molar-refractivity contribution in [3.05, 3.63) is 60.2 Å². The van der Waals surface area contributed by atoms with Crippen molar-refractivity contribution in [1.29, 1.82) is 0 Å². The van der Waals surface area contributed by atoms with Crippen LogP contribution >= 0.6 is 12.4 Å². The summed E-state index contributed by atoms with van der Waals surface area (Å²) in [7, 11) is 0. The molecule has 0 aliphatic carbocycles. The molecule has 0 saturated heterocycles. The Balaban J connectivity index is 0.00000264. The third-order valence-corrected chi connectivity index (χ3v) is 3.22. The van der Waals surface area contributed by atoms with Crippen LogP contribution < -0.4 is 15.4 Å². The van der Waals surface area contributed by atoms with Crippen molar-refractivity contribution in [2.45, 2.75) is 19.9 Å². The van der Waals surface area contributed by atoms with E-state index in [-0.39, 0.29) is 24.4 Å². The van der Waals surface area contributed by atoms with Crippen LogP contribution in [0.2, 0.25) is 0 Å². The third kappa shape index (κ3) is 5.93. The molecule has 4 nitrogen and oxygen atoms in total. The lowest BCUT2D eigenvalue weighted by molar-refractivity contribution is 0.0948. The van der Waals surface area contributed by atoms with Gasteiger partial charge in [-0.3, -0.25) is 4.79 Å². The minimum atomic E-state index is -0.128. The second-order valence-electron chi connectivity index (χ2n) is 5.08. The number of benzene rings is 2. The fourth-order valence-corrected chi connectivity index (χ4v) is 2.12. The van der Waals surface area contributed by atoms with Crippen LogP contribution in [0.1, 0.15) is 24.2 Å². The number of ether oxygens (including phenoxy) is 1. The molecule has 1 amide bonds. The highest BCUT2D eigenvalue weighted by Crippen LogP contribution is 2.24. The number of hydrogen-bond acceptors (Lipinski definition) is 3. The molecule has 0 spiro atoms. The highest BCUT2D eigenvalue weighted by atomic mass is 35.5. The summed E-state index contributed by atoms with van der Waals surface area (Å²) in [5, 5.41) is 6.19. The first kappa shape index (κ1) is 19.0. The Labute approximate surface area is 143 Å². The van der Waals surface area contributed by atoms with Gasteiger partial charge in [-0.05, 0) is 37.7 Å². The Morgan fingerprint density at radius 1 is 1.09 bits per heavy atom. The Morgan fingerprint density at radius 2 is 1.74 bits per heavy atom. The van der Waals surface area contributed by atoms with E-state index in [2.05, 4.69) is 10.6 Å². The lowest BCUT2D eigenvalue weighted by Gasteiger charge is -2.15. The number of nitrogens with one attached hydrogen (secondary N) is 2. The highest BCUT2D eigenvalue weighted by Gasteiger charge is 2.13. The van der Waals surface area contributed by atoms with E-state index in [1.54, 1.807) is 12.1 Å². The third-order valence-electron chi connectivity index (χ3n) is 3.22. The van der Waals surface area contributed by atoms with Gasteiger partial charge in [-0.2, -0.15) is 0 Å². The number of amides is 1. The normalized spacial score (nSPS) is 11.2. The van der Waals surface area contributed by atoms with E-state index in [9.17, 15) is 4.79 Å². The van der Waals surface area contributed by atoms with E-state index in [0.717, 1.165) is 6.54 Å². The molecule has 2 aromatic carbocycles. The first-order valence-corrected chi connectivity index (χ1v) is 7.54. The molecule has 0 saturated carbocycles. The van der Waals surface area contributed by atoms with Gasteiger partial charge in [0, 0.05) is 12.6 Å². The molecular formula is C18H23ClN2O2. The molecule has 2 aromatic rings. The summed E-state index contributed by atoms with van der Waals surface area (Å²) in [6.45, 7) is 5.54. The van der Waals surface area contributed by atoms with Gasteiger partial charge in [0.05, 0.1) is 5.56 Å². The Hall–Kier alpha value is -2.04. The molecule has 0 radical (unpaired) electrons. The monoisotopic (exact) mass is 334 g/mol. The lowest BCUT2D eigenvalue weighted by atomic mass is 10.2. The number of carbonyl (C=O) groups is 1. The van der Waals surface area contributed by atoms with E-state index in [4.69, 9.17) is 4.74 Å². The number of carbonyl (C=O) groups excluding carboxylic acids is 1. The van der Waals surface area contributed by atoms with Crippen LogP contribution in [0.4, 0.5) is 0 Å². The zero-order valence-corrected chi connectivity index (χ0v) is 14.2. The summed E-state index contributed by atoms with van der Waals surface area (Å²) in [4.78, 5) is 12.3. The molecule has 0 fully saturated rings. The van der Waals surface area contributed by atoms with Crippen LogP contribution in [0.15, 0.2) is 54.6 Å². The number of para-hydroxylation sites is 2. The largest absolute Gasteiger partial charge is 0.457 e. The fourth-order valence-electron chi connectivity index (χ4n) is 2.12. The smallest absolute Gasteiger partial charge is 0.255 e. The van der Waals surface area contributed by atoms with E-state index in [1.807, 2.05) is 56.3 Å². The van der Waals surface area contributed by atoms with E-state index in [0.29, 0.717) is 23.6 Å². The van der Waals surface area contributed by atoms with Crippen molar-refractivity contribution >= 4 is 18.3 Å². The van der Waals surface area contributed by atoms with Crippen molar-refractivity contribution in [3.8, 4) is 11.5 Å². The summed E-state index contributed by atoms with van der Waals surface area (Å²) in [5.41, 5.74) is 0.537. The molecule has 2 N–H and O–H groups in total. The topological polar surface area (TPSA) is 50.4 Å². The van der Waals surface area contributed by atoms with Crippen LogP contribution in [0.25, 0.3) is 0 Å². The van der Waals surface area contributed by atoms with Gasteiger partial charge < -0.3 is 15.4 Å². The minimum absolute atomic E-state index is 0. The first-order valence-electron chi connectivity index (χ1n) is 7.54. The maximum absolute atomic E-state index is 12.3. The average Bonchev–Trinajstić information content (AvgIpc) is 2.54. The summed E-state index contributed by atoms with van der Waals surface area (Å²) in [5.74, 6) is 1.14. The molecule has 0 aliphatic rings.